The van der Waals surface area contributed by atoms with Gasteiger partial charge in [0.1, 0.15) is 18.1 Å². The summed E-state index contributed by atoms with van der Waals surface area (Å²) >= 11 is 0. The largest absolute Gasteiger partial charge is 0.517 e. The lowest BCUT2D eigenvalue weighted by Gasteiger charge is -2.48. The molecule has 0 aliphatic heterocycles. The third-order valence-electron chi connectivity index (χ3n) is 10.5. The summed E-state index contributed by atoms with van der Waals surface area (Å²) < 4.78 is 6.53. The number of rotatable bonds is 16. The minimum Gasteiger partial charge on any atom is -0.517 e. The Morgan fingerprint density at radius 3 is 1.15 bits per heavy atom. The van der Waals surface area contributed by atoms with E-state index in [0.29, 0.717) is 0 Å². The van der Waals surface area contributed by atoms with E-state index in [1.165, 1.54) is 0 Å². The van der Waals surface area contributed by atoms with E-state index in [1.54, 1.807) is 0 Å². The van der Waals surface area contributed by atoms with Gasteiger partial charge in [-0.25, -0.2) is 0 Å². The van der Waals surface area contributed by atoms with E-state index >= 15 is 0 Å². The molecule has 0 bridgehead atoms. The van der Waals surface area contributed by atoms with Crippen molar-refractivity contribution >= 4 is 32.0 Å². The predicted octanol–water partition coefficient (Wildman–Crippen LogP) is 6.46. The normalized spacial score (nSPS) is 14.1. The Labute approximate surface area is 328 Å². The van der Waals surface area contributed by atoms with Crippen LogP contribution in [0.25, 0.3) is 0 Å². The molecule has 0 aliphatic carbocycles. The first kappa shape index (κ1) is 42.7. The molecule has 0 saturated carbocycles. The first-order valence-electron chi connectivity index (χ1n) is 19.0. The quantitative estimate of drug-likeness (QED) is 0.0968. The molecule has 3 amide bonds. The van der Waals surface area contributed by atoms with Crippen molar-refractivity contribution in [1.29, 1.82) is 0 Å². The summed E-state index contributed by atoms with van der Waals surface area (Å²) in [4.78, 5) is 56.4. The highest BCUT2D eigenvalue weighted by Gasteiger charge is 2.54. The molecule has 4 atom stereocenters. The van der Waals surface area contributed by atoms with E-state index in [1.807, 2.05) is 121 Å². The van der Waals surface area contributed by atoms with E-state index in [2.05, 4.69) is 64.0 Å². The summed E-state index contributed by atoms with van der Waals surface area (Å²) in [6, 6.07) is 33.5. The fraction of sp³-hybridized carbons (Fsp3) is 0.378. The van der Waals surface area contributed by atoms with Crippen LogP contribution in [-0.4, -0.2) is 56.2 Å². The van der Waals surface area contributed by atoms with Crippen molar-refractivity contribution in [1.82, 2.24) is 16.0 Å². The Kier molecular flexibility index (Phi) is 14.7. The first-order valence-corrected chi connectivity index (χ1v) is 21.4. The summed E-state index contributed by atoms with van der Waals surface area (Å²) in [5.74, 6) is -2.10. The first-order chi connectivity index (χ1) is 26.0. The van der Waals surface area contributed by atoms with Crippen LogP contribution < -0.4 is 21.7 Å². The second-order valence-corrected chi connectivity index (χ2v) is 21.8. The van der Waals surface area contributed by atoms with Crippen molar-refractivity contribution < 1.29 is 23.6 Å². The van der Waals surface area contributed by atoms with Gasteiger partial charge in [0.2, 0.25) is 17.7 Å². The van der Waals surface area contributed by atoms with Crippen LogP contribution in [0.4, 0.5) is 0 Å². The molecule has 0 spiro atoms. The molecular weight excluding hydrogens is 705 g/mol. The van der Waals surface area contributed by atoms with Crippen molar-refractivity contribution in [3.8, 4) is 0 Å². The van der Waals surface area contributed by atoms with Crippen molar-refractivity contribution in [2.45, 2.75) is 108 Å². The molecule has 4 aromatic carbocycles. The highest BCUT2D eigenvalue weighted by Crippen LogP contribution is 2.51. The summed E-state index contributed by atoms with van der Waals surface area (Å²) in [5, 5.41) is 8.18. The van der Waals surface area contributed by atoms with Gasteiger partial charge in [-0.3, -0.25) is 19.2 Å². The molecule has 292 valence electrons. The van der Waals surface area contributed by atoms with Crippen LogP contribution in [0, 0.1) is 0 Å². The summed E-state index contributed by atoms with van der Waals surface area (Å²) in [7, 11) is -2.78. The monoisotopic (exact) mass is 762 g/mol. The van der Waals surface area contributed by atoms with Gasteiger partial charge >= 0.3 is 5.97 Å². The molecule has 4 rings (SSSR count). The molecule has 0 unspecified atom stereocenters. The molecule has 0 fully saturated rings. The second kappa shape index (κ2) is 19.0. The standard InChI is InChI=1S/C45H58N4O5Si/c1-44(2,3)55(7,45(4,5)6)54-43(53)39(31-35-26-18-11-19-27-35)49-42(52)38(30-34-24-16-10-17-25-34)48-41(51)37(29-33-22-14-9-15-23-33)47-40(50)36(46)28-32-20-12-8-13-21-32/h8-27,36-39H,28-31,46H2,1-7H3,(H,47,50)(H,48,51)(H,49,52)/t36-,37-,38-,39-/m0/s1. The van der Waals surface area contributed by atoms with Gasteiger partial charge in [-0.1, -0.05) is 163 Å². The van der Waals surface area contributed by atoms with Gasteiger partial charge in [0.05, 0.1) is 6.04 Å². The van der Waals surface area contributed by atoms with Gasteiger partial charge in [-0.15, -0.1) is 0 Å². The minimum absolute atomic E-state index is 0.140. The number of carbonyl (C=O) groups is 4. The molecule has 0 saturated heterocycles. The average Bonchev–Trinajstić information content (AvgIpc) is 3.14. The van der Waals surface area contributed by atoms with E-state index < -0.39 is 56.2 Å². The highest BCUT2D eigenvalue weighted by molar-refractivity contribution is 6.79. The number of nitrogens with two attached hydrogens (primary N) is 1. The Morgan fingerprint density at radius 1 is 0.509 bits per heavy atom. The maximum Gasteiger partial charge on any atom is 0.315 e. The minimum atomic E-state index is -2.78. The summed E-state index contributed by atoms with van der Waals surface area (Å²) in [6.45, 7) is 14.6. The molecule has 9 nitrogen and oxygen atoms in total. The molecular formula is C45H58N4O5Si. The maximum atomic E-state index is 14.4. The third-order valence-corrected chi connectivity index (χ3v) is 16.9. The molecule has 0 heterocycles. The van der Waals surface area contributed by atoms with E-state index in [9.17, 15) is 19.2 Å². The van der Waals surface area contributed by atoms with Gasteiger partial charge in [-0.2, -0.15) is 0 Å². The summed E-state index contributed by atoms with van der Waals surface area (Å²) in [6.07, 6.45) is 0.794. The van der Waals surface area contributed by atoms with Crippen molar-refractivity contribution in [2.75, 3.05) is 0 Å². The number of nitrogens with one attached hydrogen (secondary N) is 3. The molecule has 5 N–H and O–H groups in total. The fourth-order valence-electron chi connectivity index (χ4n) is 6.65. The lowest BCUT2D eigenvalue weighted by molar-refractivity contribution is -0.141. The van der Waals surface area contributed by atoms with Gasteiger partial charge in [-0.05, 0) is 45.3 Å². The molecule has 10 heteroatoms. The van der Waals surface area contributed by atoms with Crippen LogP contribution in [0.15, 0.2) is 121 Å². The molecule has 0 aromatic heterocycles. The number of amides is 3. The van der Waals surface area contributed by atoms with E-state index in [-0.39, 0.29) is 35.8 Å². The van der Waals surface area contributed by atoms with Gasteiger partial charge in [0.15, 0.2) is 0 Å². The number of hydrogen-bond acceptors (Lipinski definition) is 6. The second-order valence-electron chi connectivity index (χ2n) is 16.5. The Morgan fingerprint density at radius 2 is 0.800 bits per heavy atom. The van der Waals surface area contributed by atoms with Crippen LogP contribution in [0.1, 0.15) is 63.8 Å². The zero-order chi connectivity index (χ0) is 40.2. The van der Waals surface area contributed by atoms with Crippen molar-refractivity contribution in [3.63, 3.8) is 0 Å². The van der Waals surface area contributed by atoms with Crippen LogP contribution >= 0.6 is 0 Å². The van der Waals surface area contributed by atoms with E-state index in [4.69, 9.17) is 10.2 Å². The molecule has 55 heavy (non-hydrogen) atoms. The zero-order valence-electron chi connectivity index (χ0n) is 33.3. The van der Waals surface area contributed by atoms with Gasteiger partial charge < -0.3 is 26.1 Å². The fourth-order valence-corrected chi connectivity index (χ4v) is 10.1. The van der Waals surface area contributed by atoms with Gasteiger partial charge in [0.25, 0.3) is 8.32 Å². The number of benzene rings is 4. The van der Waals surface area contributed by atoms with Crippen LogP contribution in [0.2, 0.25) is 16.6 Å². The van der Waals surface area contributed by atoms with Crippen molar-refractivity contribution in [2.24, 2.45) is 5.73 Å². The lowest BCUT2D eigenvalue weighted by atomic mass is 10.0. The van der Waals surface area contributed by atoms with Gasteiger partial charge in [0, 0.05) is 19.3 Å². The number of hydrogen-bond donors (Lipinski definition) is 4. The molecule has 0 aliphatic rings. The Bertz CT molecular complexity index is 1830. The Balaban J connectivity index is 1.63. The summed E-state index contributed by atoms with van der Waals surface area (Å²) in [5.41, 5.74) is 9.70. The van der Waals surface area contributed by atoms with Crippen molar-refractivity contribution in [3.05, 3.63) is 144 Å². The van der Waals surface area contributed by atoms with Crippen LogP contribution in [0.3, 0.4) is 0 Å². The maximum absolute atomic E-state index is 14.4. The predicted molar refractivity (Wildman–Crippen MR) is 221 cm³/mol. The molecule has 4 aromatic rings. The Hall–Kier alpha value is -5.06. The topological polar surface area (TPSA) is 140 Å². The van der Waals surface area contributed by atoms with E-state index in [0.717, 1.165) is 22.3 Å². The smallest absolute Gasteiger partial charge is 0.315 e. The zero-order valence-corrected chi connectivity index (χ0v) is 34.3. The average molecular weight is 763 g/mol. The number of carbonyl (C=O) groups excluding carboxylic acids is 4. The third kappa shape index (κ3) is 12.2. The lowest BCUT2D eigenvalue weighted by Crippen LogP contribution is -2.60. The van der Waals surface area contributed by atoms with Crippen LogP contribution in [0.5, 0.6) is 0 Å². The SMILES string of the molecule is CC(C)(C)[Si](C)(OC(=O)[C@H](Cc1ccccc1)NC(=O)[C@H](Cc1ccccc1)NC(=O)[C@H](Cc1ccccc1)NC(=O)[C@@H](N)Cc1ccccc1)C(C)(C)C. The molecule has 0 radical (unpaired) electrons. The van der Waals surface area contributed by atoms with Crippen LogP contribution in [-0.2, 0) is 49.3 Å². The highest BCUT2D eigenvalue weighted by atomic mass is 28.4.